The lowest BCUT2D eigenvalue weighted by atomic mass is 10.1. The van der Waals surface area contributed by atoms with Gasteiger partial charge in [0.05, 0.1) is 0 Å². The zero-order valence-electron chi connectivity index (χ0n) is 14.5. The standard InChI is InChI=1S/C23H17NO3/c25-22(23(26)27-15-16-6-2-1-3-7-16)18-12-10-17(11-13-18)21-14-19-8-4-5-9-20(19)24-21/h1-14,24H,15H2. The molecule has 4 rings (SSSR count). The van der Waals surface area contributed by atoms with Gasteiger partial charge < -0.3 is 9.72 Å². The summed E-state index contributed by atoms with van der Waals surface area (Å²) in [6, 6.07) is 26.3. The van der Waals surface area contributed by atoms with Gasteiger partial charge in [-0.1, -0.05) is 72.8 Å². The summed E-state index contributed by atoms with van der Waals surface area (Å²) in [4.78, 5) is 27.6. The van der Waals surface area contributed by atoms with Crippen molar-refractivity contribution in [1.82, 2.24) is 4.98 Å². The number of hydrogen-bond donors (Lipinski definition) is 1. The minimum absolute atomic E-state index is 0.0819. The van der Waals surface area contributed by atoms with Crippen LogP contribution in [0.4, 0.5) is 0 Å². The molecule has 0 radical (unpaired) electrons. The number of fused-ring (bicyclic) bond motifs is 1. The summed E-state index contributed by atoms with van der Waals surface area (Å²) in [5.74, 6) is -1.49. The molecular formula is C23H17NO3. The van der Waals surface area contributed by atoms with Crippen LogP contribution in [-0.4, -0.2) is 16.7 Å². The van der Waals surface area contributed by atoms with Crippen molar-refractivity contribution in [1.29, 1.82) is 0 Å². The maximum Gasteiger partial charge on any atom is 0.380 e. The van der Waals surface area contributed by atoms with Crippen LogP contribution >= 0.6 is 0 Å². The summed E-state index contributed by atoms with van der Waals surface area (Å²) in [7, 11) is 0. The first-order valence-corrected chi connectivity index (χ1v) is 8.64. The summed E-state index contributed by atoms with van der Waals surface area (Å²) in [6.07, 6.45) is 0. The Balaban J connectivity index is 1.46. The molecule has 4 aromatic rings. The van der Waals surface area contributed by atoms with E-state index in [1.165, 1.54) is 0 Å². The molecule has 0 aliphatic rings. The molecule has 0 aliphatic heterocycles. The number of Topliss-reactive ketones (excluding diaryl/α,β-unsaturated/α-hetero) is 1. The maximum atomic E-state index is 12.3. The van der Waals surface area contributed by atoms with Gasteiger partial charge in [-0.3, -0.25) is 4.79 Å². The number of aromatic nitrogens is 1. The molecule has 0 saturated heterocycles. The number of carbonyl (C=O) groups excluding carboxylic acids is 2. The highest BCUT2D eigenvalue weighted by atomic mass is 16.5. The lowest BCUT2D eigenvalue weighted by Gasteiger charge is -2.05. The van der Waals surface area contributed by atoms with E-state index in [9.17, 15) is 9.59 Å². The molecule has 0 unspecified atom stereocenters. The number of ether oxygens (including phenoxy) is 1. The summed E-state index contributed by atoms with van der Waals surface area (Å²) in [6.45, 7) is 0.0819. The number of H-pyrrole nitrogens is 1. The second kappa shape index (κ2) is 7.30. The van der Waals surface area contributed by atoms with Crippen LogP contribution in [0.25, 0.3) is 22.2 Å². The molecule has 1 aromatic heterocycles. The average molecular weight is 355 g/mol. The SMILES string of the molecule is O=C(OCc1ccccc1)C(=O)c1ccc(-c2cc3ccccc3[nH]2)cc1. The predicted molar refractivity (Wildman–Crippen MR) is 104 cm³/mol. The van der Waals surface area contributed by atoms with E-state index >= 15 is 0 Å². The van der Waals surface area contributed by atoms with Crippen molar-refractivity contribution >= 4 is 22.7 Å². The van der Waals surface area contributed by atoms with Crippen LogP contribution in [0.5, 0.6) is 0 Å². The zero-order chi connectivity index (χ0) is 18.6. The fraction of sp³-hybridized carbons (Fsp3) is 0.0435. The van der Waals surface area contributed by atoms with Crippen LogP contribution in [0.1, 0.15) is 15.9 Å². The minimum atomic E-state index is -0.850. The van der Waals surface area contributed by atoms with Crippen molar-refractivity contribution < 1.29 is 14.3 Å². The highest BCUT2D eigenvalue weighted by Crippen LogP contribution is 2.24. The summed E-state index contributed by atoms with van der Waals surface area (Å²) in [5.41, 5.74) is 4.11. The molecule has 0 aliphatic carbocycles. The summed E-state index contributed by atoms with van der Waals surface area (Å²) < 4.78 is 5.10. The fourth-order valence-corrected chi connectivity index (χ4v) is 2.94. The number of rotatable bonds is 5. The van der Waals surface area contributed by atoms with E-state index in [1.54, 1.807) is 12.1 Å². The maximum absolute atomic E-state index is 12.3. The Labute approximate surface area is 156 Å². The molecule has 27 heavy (non-hydrogen) atoms. The van der Waals surface area contributed by atoms with Gasteiger partial charge in [-0.15, -0.1) is 0 Å². The number of benzene rings is 3. The lowest BCUT2D eigenvalue weighted by molar-refractivity contribution is -0.139. The first kappa shape index (κ1) is 16.8. The molecule has 0 spiro atoms. The third kappa shape index (κ3) is 3.65. The molecule has 0 amide bonds. The highest BCUT2D eigenvalue weighted by molar-refractivity contribution is 6.40. The number of para-hydroxylation sites is 1. The van der Waals surface area contributed by atoms with Gasteiger partial charge in [0.2, 0.25) is 0 Å². The Morgan fingerprint density at radius 3 is 2.26 bits per heavy atom. The third-order valence-electron chi connectivity index (χ3n) is 4.39. The van der Waals surface area contributed by atoms with Gasteiger partial charge in [-0.25, -0.2) is 4.79 Å². The van der Waals surface area contributed by atoms with E-state index < -0.39 is 11.8 Å². The van der Waals surface area contributed by atoms with Gasteiger partial charge >= 0.3 is 5.97 Å². The van der Waals surface area contributed by atoms with Gasteiger partial charge in [0, 0.05) is 22.2 Å². The number of carbonyl (C=O) groups is 2. The zero-order valence-corrected chi connectivity index (χ0v) is 14.5. The Bertz CT molecular complexity index is 1060. The van der Waals surface area contributed by atoms with E-state index in [-0.39, 0.29) is 6.61 Å². The minimum Gasteiger partial charge on any atom is -0.455 e. The number of nitrogens with one attached hydrogen (secondary N) is 1. The summed E-state index contributed by atoms with van der Waals surface area (Å²) in [5, 5.41) is 1.12. The molecule has 4 nitrogen and oxygen atoms in total. The van der Waals surface area contributed by atoms with Crippen molar-refractivity contribution in [2.45, 2.75) is 6.61 Å². The van der Waals surface area contributed by atoms with E-state index in [0.29, 0.717) is 5.56 Å². The normalized spacial score (nSPS) is 10.7. The molecule has 132 valence electrons. The van der Waals surface area contributed by atoms with Crippen LogP contribution in [0.2, 0.25) is 0 Å². The Morgan fingerprint density at radius 2 is 1.52 bits per heavy atom. The topological polar surface area (TPSA) is 59.2 Å². The highest BCUT2D eigenvalue weighted by Gasteiger charge is 2.18. The van der Waals surface area contributed by atoms with Crippen molar-refractivity contribution in [3.8, 4) is 11.3 Å². The molecular weight excluding hydrogens is 338 g/mol. The Kier molecular flexibility index (Phi) is 4.54. The molecule has 1 heterocycles. The fourth-order valence-electron chi connectivity index (χ4n) is 2.94. The first-order valence-electron chi connectivity index (χ1n) is 8.64. The molecule has 3 aromatic carbocycles. The van der Waals surface area contributed by atoms with Crippen LogP contribution in [0, 0.1) is 0 Å². The Hall–Kier alpha value is -3.66. The van der Waals surface area contributed by atoms with Crippen molar-refractivity contribution in [3.63, 3.8) is 0 Å². The number of aromatic amines is 1. The molecule has 0 atom stereocenters. The second-order valence-corrected chi connectivity index (χ2v) is 6.24. The van der Waals surface area contributed by atoms with Crippen molar-refractivity contribution in [2.75, 3.05) is 0 Å². The molecule has 4 heteroatoms. The van der Waals surface area contributed by atoms with Crippen molar-refractivity contribution in [2.24, 2.45) is 0 Å². The van der Waals surface area contributed by atoms with E-state index in [4.69, 9.17) is 4.74 Å². The second-order valence-electron chi connectivity index (χ2n) is 6.24. The van der Waals surface area contributed by atoms with Gasteiger partial charge in [0.15, 0.2) is 0 Å². The largest absolute Gasteiger partial charge is 0.455 e. The van der Waals surface area contributed by atoms with Crippen molar-refractivity contribution in [3.05, 3.63) is 96.1 Å². The average Bonchev–Trinajstić information content (AvgIpc) is 3.16. The van der Waals surface area contributed by atoms with Gasteiger partial charge in [-0.2, -0.15) is 0 Å². The molecule has 0 saturated carbocycles. The lowest BCUT2D eigenvalue weighted by Crippen LogP contribution is -2.17. The number of hydrogen-bond acceptors (Lipinski definition) is 3. The quantitative estimate of drug-likeness (QED) is 0.319. The smallest absolute Gasteiger partial charge is 0.380 e. The van der Waals surface area contributed by atoms with Gasteiger partial charge in [0.25, 0.3) is 5.78 Å². The molecule has 0 bridgehead atoms. The molecule has 0 fully saturated rings. The summed E-state index contributed by atoms with van der Waals surface area (Å²) >= 11 is 0. The Morgan fingerprint density at radius 1 is 0.815 bits per heavy atom. The van der Waals surface area contributed by atoms with Gasteiger partial charge in [0.1, 0.15) is 6.61 Å². The van der Waals surface area contributed by atoms with E-state index in [1.807, 2.05) is 66.7 Å². The van der Waals surface area contributed by atoms with Crippen LogP contribution in [0.15, 0.2) is 84.9 Å². The van der Waals surface area contributed by atoms with E-state index in [0.717, 1.165) is 27.7 Å². The van der Waals surface area contributed by atoms with Crippen LogP contribution in [0.3, 0.4) is 0 Å². The predicted octanol–water partition coefficient (Wildman–Crippen LogP) is 4.76. The third-order valence-corrected chi connectivity index (χ3v) is 4.39. The van der Waals surface area contributed by atoms with Crippen LogP contribution < -0.4 is 0 Å². The first-order chi connectivity index (χ1) is 13.2. The van der Waals surface area contributed by atoms with Gasteiger partial charge in [-0.05, 0) is 23.3 Å². The molecule has 1 N–H and O–H groups in total. The monoisotopic (exact) mass is 355 g/mol. The van der Waals surface area contributed by atoms with E-state index in [2.05, 4.69) is 11.1 Å². The van der Waals surface area contributed by atoms with Crippen LogP contribution in [-0.2, 0) is 16.1 Å². The number of ketones is 1. The number of esters is 1.